The largest absolute Gasteiger partial charge is 0.468 e. The number of hydrogen-bond acceptors (Lipinski definition) is 4. The molecule has 0 bridgehead atoms. The van der Waals surface area contributed by atoms with Crippen molar-refractivity contribution in [3.05, 3.63) is 24.2 Å². The second-order valence-corrected chi connectivity index (χ2v) is 3.17. The van der Waals surface area contributed by atoms with Crippen LogP contribution in [0.5, 0.6) is 0 Å². The average molecular weight is 211 g/mol. The van der Waals surface area contributed by atoms with Gasteiger partial charge >= 0.3 is 5.97 Å². The van der Waals surface area contributed by atoms with Crippen molar-refractivity contribution in [3.63, 3.8) is 0 Å². The van der Waals surface area contributed by atoms with Gasteiger partial charge in [0.05, 0.1) is 19.4 Å². The Morgan fingerprint density at radius 2 is 2.40 bits per heavy atom. The van der Waals surface area contributed by atoms with Crippen LogP contribution in [0.2, 0.25) is 0 Å². The van der Waals surface area contributed by atoms with Crippen molar-refractivity contribution < 1.29 is 13.9 Å². The van der Waals surface area contributed by atoms with Crippen LogP contribution in [0.4, 0.5) is 0 Å². The van der Waals surface area contributed by atoms with Crippen LogP contribution in [0.25, 0.3) is 0 Å². The van der Waals surface area contributed by atoms with Crippen molar-refractivity contribution in [1.29, 1.82) is 0 Å². The molecule has 0 amide bonds. The lowest BCUT2D eigenvalue weighted by Crippen LogP contribution is -2.37. The number of furan rings is 1. The van der Waals surface area contributed by atoms with Crippen molar-refractivity contribution in [3.8, 4) is 0 Å². The molecule has 0 radical (unpaired) electrons. The van der Waals surface area contributed by atoms with Crippen LogP contribution in [0.15, 0.2) is 22.8 Å². The third-order valence-corrected chi connectivity index (χ3v) is 2.08. The maximum Gasteiger partial charge on any atom is 0.323 e. The van der Waals surface area contributed by atoms with E-state index in [0.29, 0.717) is 19.6 Å². The van der Waals surface area contributed by atoms with Crippen molar-refractivity contribution in [2.75, 3.05) is 6.61 Å². The molecule has 0 spiro atoms. The van der Waals surface area contributed by atoms with Crippen LogP contribution in [0.1, 0.15) is 26.0 Å². The molecule has 1 atom stereocenters. The molecule has 15 heavy (non-hydrogen) atoms. The van der Waals surface area contributed by atoms with Crippen LogP contribution in [0.3, 0.4) is 0 Å². The van der Waals surface area contributed by atoms with Gasteiger partial charge < -0.3 is 9.15 Å². The first kappa shape index (κ1) is 11.8. The Morgan fingerprint density at radius 1 is 1.60 bits per heavy atom. The van der Waals surface area contributed by atoms with Gasteiger partial charge in [0.2, 0.25) is 0 Å². The first-order valence-corrected chi connectivity index (χ1v) is 5.20. The van der Waals surface area contributed by atoms with E-state index in [4.69, 9.17) is 9.15 Å². The number of carbonyl (C=O) groups excluding carboxylic acids is 1. The molecule has 1 rings (SSSR count). The molecule has 1 unspecified atom stereocenters. The molecule has 0 saturated heterocycles. The molecule has 0 aliphatic carbocycles. The highest BCUT2D eigenvalue weighted by Gasteiger charge is 2.16. The van der Waals surface area contributed by atoms with Gasteiger partial charge in [0.1, 0.15) is 11.8 Å². The maximum absolute atomic E-state index is 11.4. The van der Waals surface area contributed by atoms with E-state index in [1.807, 2.05) is 19.1 Å². The number of rotatable bonds is 6. The van der Waals surface area contributed by atoms with Crippen molar-refractivity contribution in [2.24, 2.45) is 0 Å². The Bertz CT molecular complexity index is 282. The summed E-state index contributed by atoms with van der Waals surface area (Å²) >= 11 is 0. The van der Waals surface area contributed by atoms with E-state index in [1.54, 1.807) is 13.2 Å². The molecule has 0 saturated carbocycles. The Morgan fingerprint density at radius 3 is 2.93 bits per heavy atom. The molecular weight excluding hydrogens is 194 g/mol. The molecule has 1 aromatic rings. The van der Waals surface area contributed by atoms with Gasteiger partial charge in [0.25, 0.3) is 0 Å². The third kappa shape index (κ3) is 3.75. The van der Waals surface area contributed by atoms with Crippen LogP contribution >= 0.6 is 0 Å². The third-order valence-electron chi connectivity index (χ3n) is 2.08. The summed E-state index contributed by atoms with van der Waals surface area (Å²) in [6, 6.07) is 3.43. The molecule has 4 heteroatoms. The molecular formula is C11H17NO3. The van der Waals surface area contributed by atoms with E-state index in [-0.39, 0.29) is 12.0 Å². The fraction of sp³-hybridized carbons (Fsp3) is 0.545. The summed E-state index contributed by atoms with van der Waals surface area (Å²) in [6.07, 6.45) is 2.32. The molecule has 1 aromatic heterocycles. The summed E-state index contributed by atoms with van der Waals surface area (Å²) < 4.78 is 10.1. The van der Waals surface area contributed by atoms with E-state index in [9.17, 15) is 4.79 Å². The minimum Gasteiger partial charge on any atom is -0.468 e. The summed E-state index contributed by atoms with van der Waals surface area (Å²) in [4.78, 5) is 11.4. The number of esters is 1. The molecule has 4 nitrogen and oxygen atoms in total. The van der Waals surface area contributed by atoms with Gasteiger partial charge in [0.15, 0.2) is 0 Å². The van der Waals surface area contributed by atoms with Crippen molar-refractivity contribution >= 4 is 5.97 Å². The second kappa shape index (κ2) is 6.24. The van der Waals surface area contributed by atoms with Gasteiger partial charge in [-0.05, 0) is 25.5 Å². The van der Waals surface area contributed by atoms with Crippen molar-refractivity contribution in [2.45, 2.75) is 32.9 Å². The van der Waals surface area contributed by atoms with Crippen LogP contribution in [-0.2, 0) is 16.1 Å². The van der Waals surface area contributed by atoms with Gasteiger partial charge in [0, 0.05) is 0 Å². The van der Waals surface area contributed by atoms with Gasteiger partial charge in [-0.3, -0.25) is 10.1 Å². The summed E-state index contributed by atoms with van der Waals surface area (Å²) in [5.41, 5.74) is 0. The summed E-state index contributed by atoms with van der Waals surface area (Å²) in [5.74, 6) is 0.615. The maximum atomic E-state index is 11.4. The van der Waals surface area contributed by atoms with E-state index in [1.165, 1.54) is 0 Å². The molecule has 0 fully saturated rings. The van der Waals surface area contributed by atoms with Crippen LogP contribution in [-0.4, -0.2) is 18.6 Å². The average Bonchev–Trinajstić information content (AvgIpc) is 2.72. The number of hydrogen-bond donors (Lipinski definition) is 1. The highest BCUT2D eigenvalue weighted by Crippen LogP contribution is 2.02. The van der Waals surface area contributed by atoms with Gasteiger partial charge in [-0.25, -0.2) is 0 Å². The minimum atomic E-state index is -0.255. The second-order valence-electron chi connectivity index (χ2n) is 3.17. The Kier molecular flexibility index (Phi) is 4.90. The lowest BCUT2D eigenvalue weighted by molar-refractivity contribution is -0.145. The number of ether oxygens (including phenoxy) is 1. The summed E-state index contributed by atoms with van der Waals surface area (Å²) in [7, 11) is 0. The van der Waals surface area contributed by atoms with E-state index < -0.39 is 0 Å². The monoisotopic (exact) mass is 211 g/mol. The SMILES string of the molecule is CCOC(=O)C(CC)NCc1ccco1. The highest BCUT2D eigenvalue weighted by atomic mass is 16.5. The van der Waals surface area contributed by atoms with E-state index in [0.717, 1.165) is 5.76 Å². The molecule has 84 valence electrons. The lowest BCUT2D eigenvalue weighted by atomic mass is 10.2. The highest BCUT2D eigenvalue weighted by molar-refractivity contribution is 5.75. The van der Waals surface area contributed by atoms with Gasteiger partial charge in [-0.2, -0.15) is 0 Å². The standard InChI is InChI=1S/C11H17NO3/c1-3-10(11(13)14-4-2)12-8-9-6-5-7-15-9/h5-7,10,12H,3-4,8H2,1-2H3. The lowest BCUT2D eigenvalue weighted by Gasteiger charge is -2.14. The summed E-state index contributed by atoms with van der Waals surface area (Å²) in [6.45, 7) is 4.70. The zero-order valence-electron chi connectivity index (χ0n) is 9.16. The normalized spacial score (nSPS) is 12.4. The Balaban J connectivity index is 2.37. The van der Waals surface area contributed by atoms with Crippen LogP contribution in [0, 0.1) is 0 Å². The molecule has 0 aliphatic heterocycles. The fourth-order valence-corrected chi connectivity index (χ4v) is 1.27. The fourth-order valence-electron chi connectivity index (χ4n) is 1.27. The molecule has 1 heterocycles. The Hall–Kier alpha value is -1.29. The first-order valence-electron chi connectivity index (χ1n) is 5.20. The predicted molar refractivity (Wildman–Crippen MR) is 56.3 cm³/mol. The van der Waals surface area contributed by atoms with Gasteiger partial charge in [-0.15, -0.1) is 0 Å². The molecule has 0 aliphatic rings. The van der Waals surface area contributed by atoms with E-state index >= 15 is 0 Å². The quantitative estimate of drug-likeness (QED) is 0.728. The first-order chi connectivity index (χ1) is 7.27. The van der Waals surface area contributed by atoms with Gasteiger partial charge in [-0.1, -0.05) is 6.92 Å². The van der Waals surface area contributed by atoms with E-state index in [2.05, 4.69) is 5.32 Å². The smallest absolute Gasteiger partial charge is 0.323 e. The zero-order valence-corrected chi connectivity index (χ0v) is 9.16. The predicted octanol–water partition coefficient (Wildman–Crippen LogP) is 1.71. The van der Waals surface area contributed by atoms with Crippen molar-refractivity contribution in [1.82, 2.24) is 5.32 Å². The molecule has 1 N–H and O–H groups in total. The summed E-state index contributed by atoms with van der Waals surface area (Å²) in [5, 5.41) is 3.09. The number of nitrogens with one attached hydrogen (secondary N) is 1. The van der Waals surface area contributed by atoms with Crippen LogP contribution < -0.4 is 5.32 Å². The zero-order chi connectivity index (χ0) is 11.1. The Labute approximate surface area is 89.6 Å². The topological polar surface area (TPSA) is 51.5 Å². The minimum absolute atomic E-state index is 0.202. The number of carbonyl (C=O) groups is 1. The molecule has 0 aromatic carbocycles.